The van der Waals surface area contributed by atoms with Crippen LogP contribution in [0.5, 0.6) is 0 Å². The summed E-state index contributed by atoms with van der Waals surface area (Å²) in [5, 5.41) is 0. The summed E-state index contributed by atoms with van der Waals surface area (Å²) in [5.41, 5.74) is 9.86. The summed E-state index contributed by atoms with van der Waals surface area (Å²) in [6.07, 6.45) is 2.84. The molecule has 1 aromatic carbocycles. The number of hydrogen-bond donors (Lipinski definition) is 2. The second-order valence-electron chi connectivity index (χ2n) is 3.60. The molecule has 1 aromatic rings. The van der Waals surface area contributed by atoms with Crippen molar-refractivity contribution in [1.82, 2.24) is 5.43 Å². The second-order valence-corrected chi connectivity index (χ2v) is 5.30. The molecule has 0 spiro atoms. The number of rotatable bonds is 5. The molecular weight excluding hydrogens is 248 g/mol. The third-order valence-corrected chi connectivity index (χ3v) is 3.58. The van der Waals surface area contributed by atoms with E-state index in [4.69, 9.17) is 12.2 Å². The Bertz CT molecular complexity index is 402. The largest absolute Gasteiger partial charge is 0.299 e. The summed E-state index contributed by atoms with van der Waals surface area (Å²) >= 11 is 6.74. The molecule has 92 valence electrons. The summed E-state index contributed by atoms with van der Waals surface area (Å²) < 4.78 is 0.732. The maximum Gasteiger partial charge on any atom is 0.152 e. The first kappa shape index (κ1) is 14.1. The van der Waals surface area contributed by atoms with E-state index in [0.717, 1.165) is 22.2 Å². The molecule has 0 fully saturated rings. The number of anilines is 1. The number of thioether (sulfide) groups is 1. The fourth-order valence-corrected chi connectivity index (χ4v) is 2.13. The predicted octanol–water partition coefficient (Wildman–Crippen LogP) is 3.68. The van der Waals surface area contributed by atoms with Gasteiger partial charge in [0, 0.05) is 5.75 Å². The van der Waals surface area contributed by atoms with Gasteiger partial charge in [-0.2, -0.15) is 0 Å². The van der Waals surface area contributed by atoms with Crippen LogP contribution in [0.2, 0.25) is 0 Å². The molecular formula is C13H18N2S2. The van der Waals surface area contributed by atoms with E-state index in [1.807, 2.05) is 6.08 Å². The highest BCUT2D eigenvalue weighted by atomic mass is 32.2. The van der Waals surface area contributed by atoms with Gasteiger partial charge in [-0.1, -0.05) is 55.2 Å². The molecule has 0 unspecified atom stereocenters. The van der Waals surface area contributed by atoms with Crippen LogP contribution in [0.15, 0.2) is 30.9 Å². The van der Waals surface area contributed by atoms with Gasteiger partial charge in [-0.3, -0.25) is 10.9 Å². The predicted molar refractivity (Wildman–Crippen MR) is 82.6 cm³/mol. The second kappa shape index (κ2) is 7.35. The summed E-state index contributed by atoms with van der Waals surface area (Å²) in [6.45, 7) is 7.89. The van der Waals surface area contributed by atoms with Gasteiger partial charge in [0.1, 0.15) is 0 Å². The lowest BCUT2D eigenvalue weighted by Crippen LogP contribution is -2.26. The molecule has 0 saturated carbocycles. The van der Waals surface area contributed by atoms with Gasteiger partial charge in [0.05, 0.1) is 5.69 Å². The van der Waals surface area contributed by atoms with Crippen LogP contribution in [0.25, 0.3) is 0 Å². The zero-order valence-electron chi connectivity index (χ0n) is 10.2. The molecule has 2 N–H and O–H groups in total. The van der Waals surface area contributed by atoms with E-state index in [1.165, 1.54) is 11.1 Å². The van der Waals surface area contributed by atoms with Gasteiger partial charge in [0.25, 0.3) is 0 Å². The Hall–Kier alpha value is -1.00. The highest BCUT2D eigenvalue weighted by molar-refractivity contribution is 8.23. The van der Waals surface area contributed by atoms with Crippen LogP contribution in [-0.4, -0.2) is 10.1 Å². The minimum absolute atomic E-state index is 0.732. The van der Waals surface area contributed by atoms with E-state index in [1.54, 1.807) is 11.8 Å². The Morgan fingerprint density at radius 3 is 2.94 bits per heavy atom. The van der Waals surface area contributed by atoms with E-state index in [2.05, 4.69) is 49.5 Å². The van der Waals surface area contributed by atoms with Crippen molar-refractivity contribution in [2.75, 3.05) is 11.2 Å². The maximum absolute atomic E-state index is 5.18. The molecule has 4 heteroatoms. The molecule has 0 atom stereocenters. The summed E-state index contributed by atoms with van der Waals surface area (Å²) in [5.74, 6) is 0.821. The van der Waals surface area contributed by atoms with Crippen molar-refractivity contribution in [2.45, 2.75) is 20.3 Å². The maximum atomic E-state index is 5.18. The van der Waals surface area contributed by atoms with Crippen molar-refractivity contribution in [2.24, 2.45) is 0 Å². The van der Waals surface area contributed by atoms with Gasteiger partial charge in [0.2, 0.25) is 0 Å². The molecule has 0 amide bonds. The molecule has 2 nitrogen and oxygen atoms in total. The fourth-order valence-electron chi connectivity index (χ4n) is 1.49. The minimum atomic E-state index is 0.732. The van der Waals surface area contributed by atoms with Crippen LogP contribution in [-0.2, 0) is 6.42 Å². The topological polar surface area (TPSA) is 24.1 Å². The van der Waals surface area contributed by atoms with E-state index < -0.39 is 0 Å². The Kier molecular flexibility index (Phi) is 6.08. The first-order chi connectivity index (χ1) is 8.19. The monoisotopic (exact) mass is 266 g/mol. The van der Waals surface area contributed by atoms with Crippen molar-refractivity contribution in [3.8, 4) is 0 Å². The van der Waals surface area contributed by atoms with Gasteiger partial charge >= 0.3 is 0 Å². The smallest absolute Gasteiger partial charge is 0.152 e. The molecule has 1 rings (SSSR count). The SMILES string of the molecule is C=CCSC(=S)NNc1c(C)cccc1CC. The molecule has 0 aromatic heterocycles. The lowest BCUT2D eigenvalue weighted by atomic mass is 10.1. The summed E-state index contributed by atoms with van der Waals surface area (Å²) in [7, 11) is 0. The third-order valence-electron chi connectivity index (χ3n) is 2.36. The van der Waals surface area contributed by atoms with E-state index in [9.17, 15) is 0 Å². The average molecular weight is 266 g/mol. The summed E-state index contributed by atoms with van der Waals surface area (Å²) in [6, 6.07) is 6.28. The lowest BCUT2D eigenvalue weighted by molar-refractivity contribution is 1.08. The Labute approximate surface area is 113 Å². The Morgan fingerprint density at radius 2 is 2.29 bits per heavy atom. The van der Waals surface area contributed by atoms with Crippen molar-refractivity contribution < 1.29 is 0 Å². The molecule has 0 saturated heterocycles. The normalized spacial score (nSPS) is 9.76. The van der Waals surface area contributed by atoms with E-state index in [-0.39, 0.29) is 0 Å². The Balaban J connectivity index is 2.62. The zero-order valence-corrected chi connectivity index (χ0v) is 11.9. The number of benzene rings is 1. The Morgan fingerprint density at radius 1 is 1.53 bits per heavy atom. The molecule has 0 bridgehead atoms. The van der Waals surface area contributed by atoms with Crippen molar-refractivity contribution in [1.29, 1.82) is 0 Å². The van der Waals surface area contributed by atoms with Crippen LogP contribution < -0.4 is 10.9 Å². The van der Waals surface area contributed by atoms with Crippen LogP contribution in [0, 0.1) is 6.92 Å². The number of hydrazine groups is 1. The fraction of sp³-hybridized carbons (Fsp3) is 0.308. The molecule has 0 heterocycles. The first-order valence-corrected chi connectivity index (χ1v) is 6.96. The molecule has 0 aliphatic rings. The van der Waals surface area contributed by atoms with E-state index >= 15 is 0 Å². The van der Waals surface area contributed by atoms with Crippen molar-refractivity contribution in [3.63, 3.8) is 0 Å². The van der Waals surface area contributed by atoms with Gasteiger partial charge in [0.15, 0.2) is 4.32 Å². The van der Waals surface area contributed by atoms with Gasteiger partial charge in [-0.15, -0.1) is 6.58 Å². The first-order valence-electron chi connectivity index (χ1n) is 5.57. The van der Waals surface area contributed by atoms with Crippen LogP contribution in [0.1, 0.15) is 18.1 Å². The van der Waals surface area contributed by atoms with Gasteiger partial charge < -0.3 is 0 Å². The van der Waals surface area contributed by atoms with Gasteiger partial charge in [-0.25, -0.2) is 0 Å². The average Bonchev–Trinajstić information content (AvgIpc) is 2.34. The quantitative estimate of drug-likeness (QED) is 0.482. The number of aryl methyl sites for hydroxylation is 2. The molecule has 0 aliphatic carbocycles. The highest BCUT2D eigenvalue weighted by Crippen LogP contribution is 2.20. The zero-order chi connectivity index (χ0) is 12.7. The third kappa shape index (κ3) is 4.40. The number of thiocarbonyl (C=S) groups is 1. The number of hydrogen-bond acceptors (Lipinski definition) is 3. The van der Waals surface area contributed by atoms with Crippen LogP contribution in [0.3, 0.4) is 0 Å². The van der Waals surface area contributed by atoms with Crippen molar-refractivity contribution >= 4 is 34.0 Å². The van der Waals surface area contributed by atoms with Gasteiger partial charge in [-0.05, 0) is 24.5 Å². The minimum Gasteiger partial charge on any atom is -0.299 e. The molecule has 0 aliphatic heterocycles. The van der Waals surface area contributed by atoms with Crippen LogP contribution >= 0.6 is 24.0 Å². The number of para-hydroxylation sites is 1. The number of nitrogens with one attached hydrogen (secondary N) is 2. The molecule has 17 heavy (non-hydrogen) atoms. The van der Waals surface area contributed by atoms with E-state index in [0.29, 0.717) is 0 Å². The standard InChI is InChI=1S/C13H18N2S2/c1-4-9-17-13(16)15-14-12-10(3)7-6-8-11(12)5-2/h4,6-8,14H,1,5,9H2,2-3H3,(H,15,16). The lowest BCUT2D eigenvalue weighted by Gasteiger charge is -2.15. The molecule has 0 radical (unpaired) electrons. The summed E-state index contributed by atoms with van der Waals surface area (Å²) in [4.78, 5) is 0. The highest BCUT2D eigenvalue weighted by Gasteiger charge is 2.03. The van der Waals surface area contributed by atoms with Crippen molar-refractivity contribution in [3.05, 3.63) is 42.0 Å². The van der Waals surface area contributed by atoms with Crippen LogP contribution in [0.4, 0.5) is 5.69 Å².